The summed E-state index contributed by atoms with van der Waals surface area (Å²) < 4.78 is 2.26. The molecule has 4 unspecified atom stereocenters. The van der Waals surface area contributed by atoms with Gasteiger partial charge in [0.1, 0.15) is 28.9 Å². The number of hydrogen-bond donors (Lipinski definition) is 5. The number of rotatable bonds is 33. The number of aromatic nitrogens is 3. The summed E-state index contributed by atoms with van der Waals surface area (Å²) in [7, 11) is 0. The molecule has 1 fully saturated rings. The number of carbonyl (C=O) groups is 5. The number of anilines is 1. The van der Waals surface area contributed by atoms with Crippen molar-refractivity contribution in [1.29, 1.82) is 5.41 Å². The molecule has 1 aliphatic heterocycles. The molecule has 0 spiro atoms. The molecule has 2 aromatic heterocycles. The fourth-order valence-electron chi connectivity index (χ4n) is 9.93. The molecule has 0 radical (unpaired) electrons. The third kappa shape index (κ3) is 16.7. The Balaban J connectivity index is 1.26. The van der Waals surface area contributed by atoms with E-state index in [2.05, 4.69) is 62.1 Å². The number of amides is 2. The molecular weight excluding hydrogens is 897 g/mol. The number of hydrogen-bond acceptors (Lipinski definition) is 11. The number of fused-ring (bicyclic) bond motifs is 3. The SMILES string of the molecule is CCCCc1nc2c(N)nc3ccccc3c2n1Cc1ccc(CCC(=O)C(CCCCC(=N)N)CC(=O)C(CC(=O)C2CCCN2C(=O)C(CCCCN)NC(=O)CCCCN=[N+]=[N-])CC(C)C)cc1. The smallest absolute Gasteiger partial charge is 0.245 e. The first-order valence-electron chi connectivity index (χ1n) is 26.1. The first kappa shape index (κ1) is 55.7. The van der Waals surface area contributed by atoms with E-state index in [0.717, 1.165) is 52.6 Å². The number of imidazole rings is 1. The molecule has 0 bridgehead atoms. The minimum Gasteiger partial charge on any atom is -0.388 e. The molecule has 8 N–H and O–H groups in total. The number of para-hydroxylation sites is 1. The van der Waals surface area contributed by atoms with Gasteiger partial charge >= 0.3 is 0 Å². The van der Waals surface area contributed by atoms with Gasteiger partial charge in [-0.15, -0.1) is 0 Å². The number of benzene rings is 2. The Bertz CT molecular complexity index is 2480. The molecule has 71 heavy (non-hydrogen) atoms. The van der Waals surface area contributed by atoms with Gasteiger partial charge in [0.15, 0.2) is 11.6 Å². The number of ketones is 3. The lowest BCUT2D eigenvalue weighted by molar-refractivity contribution is -0.142. The van der Waals surface area contributed by atoms with Gasteiger partial charge in [0.05, 0.1) is 22.9 Å². The number of azide groups is 1. The quantitative estimate of drug-likeness (QED) is 0.00755. The molecule has 5 rings (SSSR count). The Labute approximate surface area is 419 Å². The Morgan fingerprint density at radius 3 is 2.32 bits per heavy atom. The summed E-state index contributed by atoms with van der Waals surface area (Å²) in [5.41, 5.74) is 31.0. The van der Waals surface area contributed by atoms with Gasteiger partial charge in [-0.3, -0.25) is 29.4 Å². The third-order valence-corrected chi connectivity index (χ3v) is 13.7. The van der Waals surface area contributed by atoms with Crippen molar-refractivity contribution in [2.45, 2.75) is 168 Å². The second kappa shape index (κ2) is 28.6. The molecule has 1 saturated heterocycles. The summed E-state index contributed by atoms with van der Waals surface area (Å²) >= 11 is 0. The number of Topliss-reactive ketones (excluding diaryl/α,β-unsaturated/α-hetero) is 3. The minimum absolute atomic E-state index is 0.00522. The van der Waals surface area contributed by atoms with Crippen molar-refractivity contribution in [3.05, 3.63) is 75.9 Å². The number of pyridine rings is 1. The number of nitrogens with one attached hydrogen (secondary N) is 2. The highest BCUT2D eigenvalue weighted by molar-refractivity contribution is 6.06. The average Bonchev–Trinajstić information content (AvgIpc) is 3.99. The maximum atomic E-state index is 14.4. The van der Waals surface area contributed by atoms with Crippen molar-refractivity contribution in [3.8, 4) is 0 Å². The monoisotopic (exact) mass is 975 g/mol. The first-order valence-corrected chi connectivity index (χ1v) is 26.1. The highest BCUT2D eigenvalue weighted by atomic mass is 16.2. The Morgan fingerprint density at radius 2 is 1.61 bits per heavy atom. The molecule has 1 aliphatic rings. The van der Waals surface area contributed by atoms with E-state index in [9.17, 15) is 24.0 Å². The van der Waals surface area contributed by atoms with Crippen LogP contribution in [0.1, 0.15) is 153 Å². The van der Waals surface area contributed by atoms with Gasteiger partial charge in [0.25, 0.3) is 0 Å². The summed E-state index contributed by atoms with van der Waals surface area (Å²) in [6.07, 6.45) is 10.2. The maximum Gasteiger partial charge on any atom is 0.245 e. The van der Waals surface area contributed by atoms with Crippen LogP contribution in [0.5, 0.6) is 0 Å². The summed E-state index contributed by atoms with van der Waals surface area (Å²) in [6.45, 7) is 7.89. The van der Waals surface area contributed by atoms with Crippen LogP contribution in [-0.2, 0) is 43.4 Å². The van der Waals surface area contributed by atoms with Crippen molar-refractivity contribution in [3.63, 3.8) is 0 Å². The number of likely N-dealkylation sites (tertiary alicyclic amines) is 1. The molecule has 4 aromatic rings. The number of nitrogen functional groups attached to an aromatic ring is 1. The maximum absolute atomic E-state index is 14.4. The minimum atomic E-state index is -0.814. The number of amidine groups is 1. The lowest BCUT2D eigenvalue weighted by Crippen LogP contribution is -2.52. The van der Waals surface area contributed by atoms with Crippen LogP contribution in [0, 0.1) is 23.2 Å². The van der Waals surface area contributed by atoms with Crippen LogP contribution in [0.25, 0.3) is 32.4 Å². The van der Waals surface area contributed by atoms with Crippen molar-refractivity contribution in [2.24, 2.45) is 34.3 Å². The van der Waals surface area contributed by atoms with Gasteiger partial charge in [-0.1, -0.05) is 81.2 Å². The van der Waals surface area contributed by atoms with Crippen molar-refractivity contribution >= 4 is 62.8 Å². The molecule has 3 heterocycles. The summed E-state index contributed by atoms with van der Waals surface area (Å²) in [5.74, 6) is -0.500. The van der Waals surface area contributed by atoms with Crippen LogP contribution in [-0.4, -0.2) is 86.2 Å². The average molecular weight is 975 g/mol. The summed E-state index contributed by atoms with van der Waals surface area (Å²) in [6, 6.07) is 14.8. The van der Waals surface area contributed by atoms with Gasteiger partial charge in [-0.2, -0.15) is 0 Å². The van der Waals surface area contributed by atoms with Crippen molar-refractivity contribution in [1.82, 2.24) is 24.8 Å². The van der Waals surface area contributed by atoms with E-state index in [4.69, 9.17) is 33.1 Å². The van der Waals surface area contributed by atoms with Gasteiger partial charge < -0.3 is 32.0 Å². The lowest BCUT2D eigenvalue weighted by atomic mass is 9.81. The zero-order valence-corrected chi connectivity index (χ0v) is 42.4. The molecule has 17 heteroatoms. The molecule has 0 aliphatic carbocycles. The van der Waals surface area contributed by atoms with Gasteiger partial charge in [0.2, 0.25) is 11.8 Å². The third-order valence-electron chi connectivity index (χ3n) is 13.7. The van der Waals surface area contributed by atoms with Crippen LogP contribution < -0.4 is 22.5 Å². The van der Waals surface area contributed by atoms with E-state index in [1.54, 1.807) is 4.90 Å². The highest BCUT2D eigenvalue weighted by Crippen LogP contribution is 2.32. The number of nitrogens with zero attached hydrogens (tertiary/aromatic N) is 7. The first-order chi connectivity index (χ1) is 34.2. The van der Waals surface area contributed by atoms with E-state index in [-0.39, 0.29) is 73.1 Å². The predicted molar refractivity (Wildman–Crippen MR) is 280 cm³/mol. The molecule has 2 aromatic carbocycles. The Kier molecular flexibility index (Phi) is 22.5. The van der Waals surface area contributed by atoms with E-state index < -0.39 is 23.9 Å². The number of nitrogens with two attached hydrogens (primary N) is 3. The van der Waals surface area contributed by atoms with Gasteiger partial charge in [-0.05, 0) is 112 Å². The van der Waals surface area contributed by atoms with Gasteiger partial charge in [-0.25, -0.2) is 9.97 Å². The second-order valence-electron chi connectivity index (χ2n) is 19.9. The van der Waals surface area contributed by atoms with Crippen molar-refractivity contribution < 1.29 is 24.0 Å². The molecule has 384 valence electrons. The number of unbranched alkanes of at least 4 members (excludes halogenated alkanes) is 4. The molecule has 2 amide bonds. The highest BCUT2D eigenvalue weighted by Gasteiger charge is 2.39. The van der Waals surface area contributed by atoms with E-state index in [1.807, 2.05) is 32.0 Å². The molecular formula is C54H78N12O5. The number of carbonyl (C=O) groups excluding carboxylic acids is 5. The Hall–Kier alpha value is -6.19. The normalized spacial score (nSPS) is 14.9. The molecule has 17 nitrogen and oxygen atoms in total. The summed E-state index contributed by atoms with van der Waals surface area (Å²) in [5, 5.41) is 15.1. The molecule has 4 atom stereocenters. The standard InChI is InChI=1S/C54H78N12O5/c1-4-5-21-49-63-51-52(41-16-7-8-17-42(41)62-53(51)58)66(49)35-38-25-23-37(24-26-38)27-28-45(67)39(15-6-9-20-48(56)57)33-46(68)40(32-36(2)3)34-47(69)44-19-14-31-65(44)54(71)43(18-10-12-29-55)61-50(70)22-11-13-30-60-64-59/h7-8,16-17,23-26,36,39-40,43-44H,4-6,9-15,18-22,27-35,55H2,1-3H3,(H3,56,57)(H2,58,62)(H,61,70). The van der Waals surface area contributed by atoms with E-state index >= 15 is 0 Å². The van der Waals surface area contributed by atoms with Crippen LogP contribution >= 0.6 is 0 Å². The van der Waals surface area contributed by atoms with E-state index in [0.29, 0.717) is 114 Å². The topological polar surface area (TPSA) is 282 Å². The predicted octanol–water partition coefficient (Wildman–Crippen LogP) is 8.84. The van der Waals surface area contributed by atoms with Gasteiger partial charge in [0, 0.05) is 80.3 Å². The van der Waals surface area contributed by atoms with Crippen LogP contribution in [0.3, 0.4) is 0 Å². The van der Waals surface area contributed by atoms with Crippen LogP contribution in [0.4, 0.5) is 5.82 Å². The summed E-state index contributed by atoms with van der Waals surface area (Å²) in [4.78, 5) is 83.8. The van der Waals surface area contributed by atoms with Crippen LogP contribution in [0.15, 0.2) is 53.6 Å². The lowest BCUT2D eigenvalue weighted by Gasteiger charge is -2.30. The number of aryl methyl sites for hydroxylation is 2. The Morgan fingerprint density at radius 1 is 0.873 bits per heavy atom. The van der Waals surface area contributed by atoms with E-state index in [1.165, 1.54) is 0 Å². The largest absolute Gasteiger partial charge is 0.388 e. The zero-order chi connectivity index (χ0) is 51.3. The fourth-order valence-corrected chi connectivity index (χ4v) is 9.93. The molecule has 0 saturated carbocycles. The zero-order valence-electron chi connectivity index (χ0n) is 42.4. The fraction of sp³-hybridized carbons (Fsp3) is 0.593. The van der Waals surface area contributed by atoms with Crippen LogP contribution in [0.2, 0.25) is 0 Å². The van der Waals surface area contributed by atoms with Crippen molar-refractivity contribution in [2.75, 3.05) is 25.4 Å². The second-order valence-corrected chi connectivity index (χ2v) is 19.9.